The van der Waals surface area contributed by atoms with Crippen LogP contribution >= 0.6 is 0 Å². The van der Waals surface area contributed by atoms with E-state index in [1.54, 1.807) is 14.2 Å². The van der Waals surface area contributed by atoms with Crippen molar-refractivity contribution in [2.24, 2.45) is 5.92 Å². The lowest BCUT2D eigenvalue weighted by Gasteiger charge is -2.33. The first kappa shape index (κ1) is 19.5. The van der Waals surface area contributed by atoms with E-state index >= 15 is 0 Å². The fourth-order valence-electron chi connectivity index (χ4n) is 3.10. The summed E-state index contributed by atoms with van der Waals surface area (Å²) in [5.74, 6) is 1.39. The van der Waals surface area contributed by atoms with E-state index in [-0.39, 0.29) is 18.4 Å². The number of methoxy groups -OCH3 is 2. The number of carbonyl (C=O) groups excluding carboxylic acids is 1. The van der Waals surface area contributed by atoms with Gasteiger partial charge >= 0.3 is 0 Å². The van der Waals surface area contributed by atoms with Gasteiger partial charge in [-0.15, -0.1) is 0 Å². The molecule has 1 unspecified atom stereocenters. The molecule has 7 heteroatoms. The minimum absolute atomic E-state index is 0.0315. The number of piperidine rings is 1. The van der Waals surface area contributed by atoms with Crippen molar-refractivity contribution in [3.05, 3.63) is 23.8 Å². The van der Waals surface area contributed by atoms with Gasteiger partial charge in [0.05, 0.1) is 33.5 Å². The Labute approximate surface area is 148 Å². The maximum Gasteiger partial charge on any atom is 0.234 e. The predicted molar refractivity (Wildman–Crippen MR) is 93.6 cm³/mol. The summed E-state index contributed by atoms with van der Waals surface area (Å²) in [6.07, 6.45) is 0.941. The molecule has 2 rings (SSSR count). The first-order valence-electron chi connectivity index (χ1n) is 8.56. The van der Waals surface area contributed by atoms with Gasteiger partial charge < -0.3 is 25.0 Å². The van der Waals surface area contributed by atoms with Gasteiger partial charge in [-0.05, 0) is 49.5 Å². The van der Waals surface area contributed by atoms with Crippen molar-refractivity contribution in [1.29, 1.82) is 0 Å². The number of aliphatic hydroxyl groups is 2. The molecule has 1 aliphatic heterocycles. The third-order valence-corrected chi connectivity index (χ3v) is 4.67. The summed E-state index contributed by atoms with van der Waals surface area (Å²) in [6, 6.07) is 5.56. The van der Waals surface area contributed by atoms with Crippen LogP contribution < -0.4 is 14.8 Å². The molecule has 1 amide bonds. The van der Waals surface area contributed by atoms with Crippen LogP contribution in [0, 0.1) is 5.92 Å². The van der Waals surface area contributed by atoms with Crippen LogP contribution in [0.15, 0.2) is 18.2 Å². The number of aliphatic hydroxyl groups excluding tert-OH is 2. The van der Waals surface area contributed by atoms with E-state index in [0.29, 0.717) is 24.6 Å². The second-order valence-electron chi connectivity index (χ2n) is 6.33. The number of likely N-dealkylation sites (tertiary alicyclic amines) is 1. The fraction of sp³-hybridized carbons (Fsp3) is 0.611. The largest absolute Gasteiger partial charge is 0.493 e. The summed E-state index contributed by atoms with van der Waals surface area (Å²) in [7, 11) is 3.17. The highest BCUT2D eigenvalue weighted by molar-refractivity contribution is 5.78. The van der Waals surface area contributed by atoms with E-state index < -0.39 is 6.10 Å². The third-order valence-electron chi connectivity index (χ3n) is 4.67. The van der Waals surface area contributed by atoms with Crippen molar-refractivity contribution in [3.63, 3.8) is 0 Å². The topological polar surface area (TPSA) is 91.3 Å². The number of ether oxygens (including phenoxy) is 2. The van der Waals surface area contributed by atoms with Gasteiger partial charge in [-0.1, -0.05) is 6.07 Å². The molecular weight excluding hydrogens is 324 g/mol. The number of amides is 1. The number of nitrogens with zero attached hydrogens (tertiary/aromatic N) is 1. The van der Waals surface area contributed by atoms with Gasteiger partial charge in [-0.25, -0.2) is 0 Å². The fourth-order valence-corrected chi connectivity index (χ4v) is 3.10. The zero-order chi connectivity index (χ0) is 18.2. The molecule has 7 nitrogen and oxygen atoms in total. The number of hydrogen-bond donors (Lipinski definition) is 3. The Kier molecular flexibility index (Phi) is 7.49. The maximum atomic E-state index is 12.1. The van der Waals surface area contributed by atoms with Crippen molar-refractivity contribution in [3.8, 4) is 11.5 Å². The lowest BCUT2D eigenvalue weighted by molar-refractivity contribution is -0.122. The van der Waals surface area contributed by atoms with Crippen molar-refractivity contribution >= 4 is 5.91 Å². The van der Waals surface area contributed by atoms with E-state index in [9.17, 15) is 9.90 Å². The van der Waals surface area contributed by atoms with Crippen LogP contribution in [0.1, 0.15) is 18.4 Å². The molecular formula is C18H28N2O5. The highest BCUT2D eigenvalue weighted by atomic mass is 16.5. The first-order valence-corrected chi connectivity index (χ1v) is 8.56. The second kappa shape index (κ2) is 9.60. The SMILES string of the molecule is COc1ccc(CNC(=O)CN2CCC(C(O)CO)CC2)cc1OC. The number of nitrogens with one attached hydrogen (secondary N) is 1. The zero-order valence-corrected chi connectivity index (χ0v) is 14.9. The van der Waals surface area contributed by atoms with Crippen LogP contribution in [0.4, 0.5) is 0 Å². The maximum absolute atomic E-state index is 12.1. The molecule has 0 aromatic heterocycles. The number of rotatable bonds is 8. The Balaban J connectivity index is 1.76. The Bertz CT molecular complexity index is 558. The van der Waals surface area contributed by atoms with Gasteiger partial charge in [-0.2, -0.15) is 0 Å². The van der Waals surface area contributed by atoms with E-state index in [1.165, 1.54) is 0 Å². The van der Waals surface area contributed by atoms with Gasteiger partial charge in [0.1, 0.15) is 0 Å². The molecule has 140 valence electrons. The normalized spacial score (nSPS) is 17.1. The lowest BCUT2D eigenvalue weighted by atomic mass is 9.91. The lowest BCUT2D eigenvalue weighted by Crippen LogP contribution is -2.43. The Morgan fingerprint density at radius 3 is 2.56 bits per heavy atom. The minimum atomic E-state index is -0.652. The van der Waals surface area contributed by atoms with Crippen molar-refractivity contribution < 1.29 is 24.5 Å². The van der Waals surface area contributed by atoms with Gasteiger partial charge in [0, 0.05) is 6.54 Å². The number of benzene rings is 1. The van der Waals surface area contributed by atoms with Crippen LogP contribution in [0.2, 0.25) is 0 Å². The zero-order valence-electron chi connectivity index (χ0n) is 14.9. The molecule has 1 aromatic rings. The quantitative estimate of drug-likeness (QED) is 0.627. The van der Waals surface area contributed by atoms with Crippen LogP contribution in [0.25, 0.3) is 0 Å². The Morgan fingerprint density at radius 2 is 1.96 bits per heavy atom. The van der Waals surface area contributed by atoms with Crippen molar-refractivity contribution in [2.45, 2.75) is 25.5 Å². The molecule has 1 heterocycles. The molecule has 0 bridgehead atoms. The van der Waals surface area contributed by atoms with Gasteiger partial charge in [0.15, 0.2) is 11.5 Å². The van der Waals surface area contributed by atoms with Gasteiger partial charge in [-0.3, -0.25) is 9.69 Å². The van der Waals surface area contributed by atoms with Crippen molar-refractivity contribution in [1.82, 2.24) is 10.2 Å². The average molecular weight is 352 g/mol. The molecule has 1 aliphatic rings. The van der Waals surface area contributed by atoms with Gasteiger partial charge in [0.25, 0.3) is 0 Å². The van der Waals surface area contributed by atoms with E-state index in [2.05, 4.69) is 10.2 Å². The monoisotopic (exact) mass is 352 g/mol. The molecule has 0 spiro atoms. The Morgan fingerprint density at radius 1 is 1.28 bits per heavy atom. The van der Waals surface area contributed by atoms with Crippen LogP contribution in [-0.4, -0.2) is 67.6 Å². The van der Waals surface area contributed by atoms with Gasteiger partial charge in [0.2, 0.25) is 5.91 Å². The van der Waals surface area contributed by atoms with Crippen molar-refractivity contribution in [2.75, 3.05) is 40.5 Å². The Hall–Kier alpha value is -1.83. The molecule has 1 atom stereocenters. The molecule has 0 radical (unpaired) electrons. The van der Waals surface area contributed by atoms with Crippen LogP contribution in [-0.2, 0) is 11.3 Å². The predicted octanol–water partition coefficient (Wildman–Crippen LogP) is 0.385. The minimum Gasteiger partial charge on any atom is -0.493 e. The number of hydrogen-bond acceptors (Lipinski definition) is 6. The second-order valence-corrected chi connectivity index (χ2v) is 6.33. The van der Waals surface area contributed by atoms with Crippen LogP contribution in [0.5, 0.6) is 11.5 Å². The molecule has 3 N–H and O–H groups in total. The first-order chi connectivity index (χ1) is 12.1. The highest BCUT2D eigenvalue weighted by Crippen LogP contribution is 2.27. The summed E-state index contributed by atoms with van der Waals surface area (Å²) in [5, 5.41) is 21.6. The summed E-state index contributed by atoms with van der Waals surface area (Å²) in [6.45, 7) is 2.08. The molecule has 1 fully saturated rings. The van der Waals surface area contributed by atoms with E-state index in [1.807, 2.05) is 18.2 Å². The van der Waals surface area contributed by atoms with Crippen LogP contribution in [0.3, 0.4) is 0 Å². The summed E-state index contributed by atoms with van der Waals surface area (Å²) >= 11 is 0. The summed E-state index contributed by atoms with van der Waals surface area (Å²) in [5.41, 5.74) is 0.941. The standard InChI is InChI=1S/C18H28N2O5/c1-24-16-4-3-13(9-17(16)25-2)10-19-18(23)11-20-7-5-14(6-8-20)15(22)12-21/h3-4,9,14-15,21-22H,5-8,10-12H2,1-2H3,(H,19,23). The molecule has 1 aromatic carbocycles. The third kappa shape index (κ3) is 5.59. The molecule has 0 aliphatic carbocycles. The summed E-state index contributed by atoms with van der Waals surface area (Å²) < 4.78 is 10.5. The van der Waals surface area contributed by atoms with E-state index in [4.69, 9.17) is 14.6 Å². The molecule has 25 heavy (non-hydrogen) atoms. The molecule has 1 saturated heterocycles. The molecule has 0 saturated carbocycles. The van der Waals surface area contributed by atoms with E-state index in [0.717, 1.165) is 31.5 Å². The number of carbonyl (C=O) groups is 1. The highest BCUT2D eigenvalue weighted by Gasteiger charge is 2.25. The smallest absolute Gasteiger partial charge is 0.234 e. The average Bonchev–Trinajstić information content (AvgIpc) is 2.66. The summed E-state index contributed by atoms with van der Waals surface area (Å²) in [4.78, 5) is 14.2.